The van der Waals surface area contributed by atoms with Crippen LogP contribution in [0.5, 0.6) is 0 Å². The first-order chi connectivity index (χ1) is 9.79. The number of carbonyl (C=O) groups excluding carboxylic acids is 1. The molecule has 1 heterocycles. The molecule has 108 valence electrons. The summed E-state index contributed by atoms with van der Waals surface area (Å²) in [5, 5.41) is 12.5. The highest BCUT2D eigenvalue weighted by molar-refractivity contribution is 5.83. The van der Waals surface area contributed by atoms with E-state index in [9.17, 15) is 9.90 Å². The van der Waals surface area contributed by atoms with E-state index in [0.717, 1.165) is 25.8 Å². The molecule has 2 N–H and O–H groups in total. The molecule has 1 atom stereocenters. The Hall–Kier alpha value is -1.39. The lowest BCUT2D eigenvalue weighted by atomic mass is 9.89. The molecule has 3 rings (SSSR count). The summed E-state index contributed by atoms with van der Waals surface area (Å²) < 4.78 is 0. The molecule has 1 aliphatic carbocycles. The van der Waals surface area contributed by atoms with Gasteiger partial charge in [0.05, 0.1) is 12.6 Å². The molecule has 0 radical (unpaired) electrons. The number of rotatable bonds is 4. The van der Waals surface area contributed by atoms with Gasteiger partial charge in [0.2, 0.25) is 5.91 Å². The number of nitrogens with one attached hydrogen (secondary N) is 1. The molecule has 1 aromatic carbocycles. The normalized spacial score (nSPS) is 21.9. The first-order valence-corrected chi connectivity index (χ1v) is 7.51. The largest absolute Gasteiger partial charge is 0.395 e. The number of benzene rings is 1. The summed E-state index contributed by atoms with van der Waals surface area (Å²) in [5.41, 5.74) is 2.55. The average Bonchev–Trinajstić information content (AvgIpc) is 2.43. The molecule has 1 fully saturated rings. The lowest BCUT2D eigenvalue weighted by Crippen LogP contribution is -2.54. The smallest absolute Gasteiger partial charge is 0.240 e. The quantitative estimate of drug-likeness (QED) is 0.863. The molecular weight excluding hydrogens is 252 g/mol. The second kappa shape index (κ2) is 5.94. The summed E-state index contributed by atoms with van der Waals surface area (Å²) in [4.78, 5) is 14.6. The van der Waals surface area contributed by atoms with E-state index in [1.165, 1.54) is 17.5 Å². The lowest BCUT2D eigenvalue weighted by molar-refractivity contribution is -0.138. The maximum atomic E-state index is 12.7. The predicted octanol–water partition coefficient (Wildman–Crippen LogP) is 1.07. The second-order valence-corrected chi connectivity index (χ2v) is 5.75. The highest BCUT2D eigenvalue weighted by Gasteiger charge is 2.33. The van der Waals surface area contributed by atoms with Crippen LogP contribution in [0.15, 0.2) is 24.3 Å². The molecule has 4 nitrogen and oxygen atoms in total. The molecule has 4 heteroatoms. The number of aliphatic hydroxyl groups excluding tert-OH is 1. The van der Waals surface area contributed by atoms with Gasteiger partial charge in [-0.1, -0.05) is 24.3 Å². The van der Waals surface area contributed by atoms with Gasteiger partial charge in [-0.25, -0.2) is 0 Å². The summed E-state index contributed by atoms with van der Waals surface area (Å²) >= 11 is 0. The van der Waals surface area contributed by atoms with E-state index in [1.807, 2.05) is 17.0 Å². The molecule has 0 spiro atoms. The van der Waals surface area contributed by atoms with Gasteiger partial charge in [-0.15, -0.1) is 0 Å². The average molecular weight is 274 g/mol. The van der Waals surface area contributed by atoms with Gasteiger partial charge in [0.15, 0.2) is 0 Å². The van der Waals surface area contributed by atoms with E-state index in [4.69, 9.17) is 0 Å². The van der Waals surface area contributed by atoms with Crippen LogP contribution in [0.25, 0.3) is 0 Å². The molecule has 2 aliphatic rings. The Bertz CT molecular complexity index is 485. The van der Waals surface area contributed by atoms with Crippen molar-refractivity contribution in [2.24, 2.45) is 0 Å². The van der Waals surface area contributed by atoms with Gasteiger partial charge in [-0.05, 0) is 36.8 Å². The van der Waals surface area contributed by atoms with Crippen LogP contribution in [-0.2, 0) is 17.8 Å². The number of carbonyl (C=O) groups is 1. The third-order valence-corrected chi connectivity index (χ3v) is 4.52. The van der Waals surface area contributed by atoms with Crippen molar-refractivity contribution in [3.8, 4) is 0 Å². The molecule has 1 aliphatic heterocycles. The van der Waals surface area contributed by atoms with E-state index in [2.05, 4.69) is 17.4 Å². The first-order valence-electron chi connectivity index (χ1n) is 7.51. The minimum atomic E-state index is -0.142. The molecular formula is C16H22N2O2. The van der Waals surface area contributed by atoms with Crippen LogP contribution < -0.4 is 5.32 Å². The minimum Gasteiger partial charge on any atom is -0.395 e. The Balaban J connectivity index is 1.70. The van der Waals surface area contributed by atoms with Crippen molar-refractivity contribution in [1.29, 1.82) is 0 Å². The van der Waals surface area contributed by atoms with Crippen molar-refractivity contribution in [3.63, 3.8) is 0 Å². The molecule has 0 bridgehead atoms. The van der Waals surface area contributed by atoms with Gasteiger partial charge < -0.3 is 15.3 Å². The SMILES string of the molecule is O=C([C@@H]1Cc2ccccc2CN1)N(CCO)C1CCC1. The van der Waals surface area contributed by atoms with Crippen molar-refractivity contribution in [3.05, 3.63) is 35.4 Å². The van der Waals surface area contributed by atoms with Gasteiger partial charge >= 0.3 is 0 Å². The summed E-state index contributed by atoms with van der Waals surface area (Å²) in [5.74, 6) is 0.151. The highest BCUT2D eigenvalue weighted by Crippen LogP contribution is 2.26. The Labute approximate surface area is 119 Å². The number of amides is 1. The van der Waals surface area contributed by atoms with Crippen LogP contribution >= 0.6 is 0 Å². The monoisotopic (exact) mass is 274 g/mol. The Morgan fingerprint density at radius 1 is 1.30 bits per heavy atom. The second-order valence-electron chi connectivity index (χ2n) is 5.75. The summed E-state index contributed by atoms with van der Waals surface area (Å²) in [6, 6.07) is 8.49. The molecule has 1 amide bonds. The zero-order chi connectivity index (χ0) is 13.9. The Morgan fingerprint density at radius 3 is 2.70 bits per heavy atom. The number of aliphatic hydroxyl groups is 1. The van der Waals surface area contributed by atoms with Crippen molar-refractivity contribution in [1.82, 2.24) is 10.2 Å². The maximum absolute atomic E-state index is 12.7. The van der Waals surface area contributed by atoms with Crippen LogP contribution in [0.3, 0.4) is 0 Å². The van der Waals surface area contributed by atoms with Gasteiger partial charge in [0.25, 0.3) is 0 Å². The van der Waals surface area contributed by atoms with Crippen molar-refractivity contribution in [2.75, 3.05) is 13.2 Å². The van der Waals surface area contributed by atoms with E-state index in [0.29, 0.717) is 12.6 Å². The fraction of sp³-hybridized carbons (Fsp3) is 0.562. The van der Waals surface area contributed by atoms with Gasteiger partial charge in [-0.2, -0.15) is 0 Å². The fourth-order valence-corrected chi connectivity index (χ4v) is 3.11. The van der Waals surface area contributed by atoms with Gasteiger partial charge in [0, 0.05) is 19.1 Å². The summed E-state index contributed by atoms with van der Waals surface area (Å²) in [7, 11) is 0. The van der Waals surface area contributed by atoms with Crippen LogP contribution in [0.2, 0.25) is 0 Å². The van der Waals surface area contributed by atoms with Crippen molar-refractivity contribution in [2.45, 2.75) is 44.3 Å². The van der Waals surface area contributed by atoms with Crippen LogP contribution in [0, 0.1) is 0 Å². The number of nitrogens with zero attached hydrogens (tertiary/aromatic N) is 1. The maximum Gasteiger partial charge on any atom is 0.240 e. The van der Waals surface area contributed by atoms with E-state index >= 15 is 0 Å². The summed E-state index contributed by atoms with van der Waals surface area (Å²) in [6.07, 6.45) is 4.11. The molecule has 1 saturated carbocycles. The van der Waals surface area contributed by atoms with Gasteiger partial charge in [-0.3, -0.25) is 4.79 Å². The first kappa shape index (κ1) is 13.6. The molecule has 1 aromatic rings. The zero-order valence-corrected chi connectivity index (χ0v) is 11.7. The van der Waals surface area contributed by atoms with Crippen molar-refractivity contribution >= 4 is 5.91 Å². The van der Waals surface area contributed by atoms with E-state index < -0.39 is 0 Å². The molecule has 0 saturated heterocycles. The van der Waals surface area contributed by atoms with E-state index in [-0.39, 0.29) is 18.6 Å². The Morgan fingerprint density at radius 2 is 2.05 bits per heavy atom. The lowest BCUT2D eigenvalue weighted by Gasteiger charge is -2.40. The van der Waals surface area contributed by atoms with Crippen molar-refractivity contribution < 1.29 is 9.90 Å². The van der Waals surface area contributed by atoms with Gasteiger partial charge in [0.1, 0.15) is 0 Å². The van der Waals surface area contributed by atoms with Crippen LogP contribution in [0.1, 0.15) is 30.4 Å². The van der Waals surface area contributed by atoms with E-state index in [1.54, 1.807) is 0 Å². The van der Waals surface area contributed by atoms with Crippen LogP contribution in [-0.4, -0.2) is 41.1 Å². The number of fused-ring (bicyclic) bond motifs is 1. The predicted molar refractivity (Wildman–Crippen MR) is 77.2 cm³/mol. The standard InChI is InChI=1S/C16H22N2O2/c19-9-8-18(14-6-3-7-14)16(20)15-10-12-4-1-2-5-13(12)11-17-15/h1-2,4-5,14-15,17,19H,3,6-11H2/t15-/m0/s1. The zero-order valence-electron chi connectivity index (χ0n) is 11.7. The van der Waals surface area contributed by atoms with Crippen LogP contribution in [0.4, 0.5) is 0 Å². The minimum absolute atomic E-state index is 0.0472. The number of hydrogen-bond acceptors (Lipinski definition) is 3. The molecule has 20 heavy (non-hydrogen) atoms. The Kier molecular flexibility index (Phi) is 4.03. The third-order valence-electron chi connectivity index (χ3n) is 4.52. The summed E-state index contributed by atoms with van der Waals surface area (Å²) in [6.45, 7) is 1.26. The topological polar surface area (TPSA) is 52.6 Å². The number of hydrogen-bond donors (Lipinski definition) is 2. The fourth-order valence-electron chi connectivity index (χ4n) is 3.11. The molecule has 0 unspecified atom stereocenters. The molecule has 0 aromatic heterocycles. The highest BCUT2D eigenvalue weighted by atomic mass is 16.3. The third kappa shape index (κ3) is 2.58.